The molecule has 0 atom stereocenters. The number of aliphatic hydroxyl groups is 1. The molecule has 1 amide bonds. The molecule has 0 unspecified atom stereocenters. The van der Waals surface area contributed by atoms with Crippen LogP contribution in [-0.2, 0) is 40.3 Å². The minimum absolute atomic E-state index is 0. The van der Waals surface area contributed by atoms with E-state index >= 15 is 0 Å². The Kier molecular flexibility index (Phi) is 16.5. The second kappa shape index (κ2) is 20.0. The summed E-state index contributed by atoms with van der Waals surface area (Å²) < 4.78 is 14.5. The van der Waals surface area contributed by atoms with Gasteiger partial charge in [-0.05, 0) is 33.1 Å². The summed E-state index contributed by atoms with van der Waals surface area (Å²) in [5.41, 5.74) is 3.96. The molecule has 274 valence electrons. The lowest BCUT2D eigenvalue weighted by Gasteiger charge is -2.01. The van der Waals surface area contributed by atoms with Gasteiger partial charge >= 0.3 is 16.0 Å². The fourth-order valence-electron chi connectivity index (χ4n) is 5.33. The van der Waals surface area contributed by atoms with Gasteiger partial charge in [-0.15, -0.1) is 11.3 Å². The monoisotopic (exact) mass is 837 g/mol. The van der Waals surface area contributed by atoms with Gasteiger partial charge in [0.25, 0.3) is 11.7 Å². The molecule has 0 aliphatic carbocycles. The number of nitrogens with zero attached hydrogens (tertiary/aromatic N) is 4. The van der Waals surface area contributed by atoms with Gasteiger partial charge in [-0.3, -0.25) is 19.7 Å². The second-order valence-corrected chi connectivity index (χ2v) is 14.7. The molecule has 4 aromatic heterocycles. The molecule has 0 saturated carbocycles. The van der Waals surface area contributed by atoms with Crippen molar-refractivity contribution in [1.82, 2.24) is 10.1 Å². The number of halogens is 2. The number of rotatable bonds is 17. The lowest BCUT2D eigenvalue weighted by Crippen LogP contribution is -3.00. The molecular weight excluding hydrogens is 798 g/mol. The summed E-state index contributed by atoms with van der Waals surface area (Å²) in [6.45, 7) is 8.39. The first-order valence-corrected chi connectivity index (χ1v) is 18.8. The van der Waals surface area contributed by atoms with Crippen LogP contribution in [0.25, 0.3) is 21.3 Å². The van der Waals surface area contributed by atoms with Crippen LogP contribution in [0, 0.1) is 20.8 Å². The molecular formula is C35H41BrClN5O6S3. The maximum Gasteiger partial charge on any atom is 0.346 e. The number of carbonyl (C=O) groups excluding carboxylic acids is 3. The third-order valence-electron chi connectivity index (χ3n) is 8.06. The number of aromatic nitrogens is 4. The minimum Gasteiger partial charge on any atom is -1.00 e. The van der Waals surface area contributed by atoms with E-state index in [4.69, 9.17) is 9.26 Å². The molecule has 16 heteroatoms. The zero-order valence-electron chi connectivity index (χ0n) is 28.9. The van der Waals surface area contributed by atoms with E-state index in [1.54, 1.807) is 41.0 Å². The molecule has 2 N–H and O–H groups in total. The van der Waals surface area contributed by atoms with Crippen molar-refractivity contribution in [3.63, 3.8) is 0 Å². The van der Waals surface area contributed by atoms with Crippen LogP contribution < -0.4 is 43.8 Å². The summed E-state index contributed by atoms with van der Waals surface area (Å²) in [5, 5.41) is 20.1. The van der Waals surface area contributed by atoms with Gasteiger partial charge in [0.05, 0.1) is 28.5 Å². The van der Waals surface area contributed by atoms with Crippen LogP contribution >= 0.6 is 34.0 Å². The standard InChI is InChI=1S/C35H40N5O6S3.BrH.ClH/c1-5-45-32(44)17-26-21-47-35(36-26)37-31(43)20-40-22(2)24(4)48-33(40)34-39(23(3)30(49-34)15-11-6-7-12-16-41)19-28(42)29-18-27(38-46-29)25-13-9-8-10-14-25;;/h8-10,13-14,18,21,41H,5-7,11-12,15-17,19-20H2,1-4H3;2*1H/q+1;;/p-1. The third-order valence-corrected chi connectivity index (χ3v) is 11.6. The Balaban J connectivity index is 0.00000351. The fourth-order valence-corrected chi connectivity index (χ4v) is 8.61. The molecule has 0 aliphatic heterocycles. The lowest BCUT2D eigenvalue weighted by molar-refractivity contribution is -0.702. The van der Waals surface area contributed by atoms with Crippen molar-refractivity contribution in [1.29, 1.82) is 0 Å². The van der Waals surface area contributed by atoms with E-state index in [1.807, 2.05) is 60.2 Å². The highest BCUT2D eigenvalue weighted by molar-refractivity contribution is 7.21. The van der Waals surface area contributed by atoms with Crippen LogP contribution in [0.5, 0.6) is 0 Å². The SMILES string of the molecule is CCOC(=O)Cc1csc(NC(=O)C[n+]2c(-c3sc(CCCCCCO)c(C)[n+]3CC(=O)c3cc(-c4ccccc4)no3)sc(C)c2C)n1.[Br-].[Cl-]. The summed E-state index contributed by atoms with van der Waals surface area (Å²) in [7, 11) is 0. The van der Waals surface area contributed by atoms with Gasteiger partial charge in [-0.25, -0.2) is 4.98 Å². The number of ketones is 1. The predicted molar refractivity (Wildman–Crippen MR) is 189 cm³/mol. The van der Waals surface area contributed by atoms with Gasteiger partial charge in [0, 0.05) is 37.5 Å². The van der Waals surface area contributed by atoms with E-state index in [0.717, 1.165) is 63.9 Å². The summed E-state index contributed by atoms with van der Waals surface area (Å²) in [4.78, 5) is 45.6. The number of aryl methyl sites for hydroxylation is 2. The number of Topliss-reactive ketones (excluding diaryl/α,β-unsaturated/α-hetero) is 1. The highest BCUT2D eigenvalue weighted by Gasteiger charge is 2.37. The fraction of sp³-hybridized carbons (Fsp3) is 0.400. The number of hydrogen-bond donors (Lipinski definition) is 2. The summed E-state index contributed by atoms with van der Waals surface area (Å²) >= 11 is 4.49. The first kappa shape index (κ1) is 42.1. The lowest BCUT2D eigenvalue weighted by atomic mass is 10.1. The van der Waals surface area contributed by atoms with Crippen LogP contribution in [0.4, 0.5) is 5.13 Å². The van der Waals surface area contributed by atoms with Gasteiger partial charge in [0.15, 0.2) is 16.5 Å². The quantitative estimate of drug-likeness (QED) is 0.0570. The van der Waals surface area contributed by atoms with Crippen molar-refractivity contribution in [3.8, 4) is 21.3 Å². The molecule has 0 bridgehead atoms. The van der Waals surface area contributed by atoms with E-state index in [0.29, 0.717) is 23.1 Å². The number of benzene rings is 1. The molecule has 0 fully saturated rings. The molecule has 0 spiro atoms. The highest BCUT2D eigenvalue weighted by atomic mass is 79.9. The number of anilines is 1. The van der Waals surface area contributed by atoms with Gasteiger partial charge < -0.3 is 43.8 Å². The normalized spacial score (nSPS) is 10.8. The number of amides is 1. The van der Waals surface area contributed by atoms with E-state index in [9.17, 15) is 19.5 Å². The zero-order valence-corrected chi connectivity index (χ0v) is 33.7. The average molecular weight is 839 g/mol. The van der Waals surface area contributed by atoms with Crippen LogP contribution in [0.3, 0.4) is 0 Å². The zero-order chi connectivity index (χ0) is 34.9. The van der Waals surface area contributed by atoms with E-state index in [-0.39, 0.29) is 78.9 Å². The molecule has 11 nitrogen and oxygen atoms in total. The summed E-state index contributed by atoms with van der Waals surface area (Å²) in [6, 6.07) is 11.3. The van der Waals surface area contributed by atoms with Crippen molar-refractivity contribution in [3.05, 3.63) is 74.4 Å². The summed E-state index contributed by atoms with van der Waals surface area (Å²) in [6.07, 6.45) is 4.61. The maximum absolute atomic E-state index is 13.7. The predicted octanol–water partition coefficient (Wildman–Crippen LogP) is -0.181. The molecule has 51 heavy (non-hydrogen) atoms. The Morgan fingerprint density at radius 1 is 0.961 bits per heavy atom. The Labute approximate surface area is 325 Å². The molecule has 1 aromatic carbocycles. The molecule has 0 saturated heterocycles. The minimum atomic E-state index is -0.363. The number of nitrogens with one attached hydrogen (secondary N) is 1. The molecule has 5 rings (SSSR count). The second-order valence-electron chi connectivity index (χ2n) is 11.6. The Bertz CT molecular complexity index is 1920. The molecule has 4 heterocycles. The molecule has 5 aromatic rings. The van der Waals surface area contributed by atoms with Crippen LogP contribution in [-0.4, -0.2) is 46.1 Å². The number of aliphatic hydroxyl groups excluding tert-OH is 1. The number of carbonyl (C=O) groups is 3. The van der Waals surface area contributed by atoms with Gasteiger partial charge in [0.2, 0.25) is 18.8 Å². The van der Waals surface area contributed by atoms with E-state index < -0.39 is 0 Å². The third kappa shape index (κ3) is 10.8. The first-order chi connectivity index (χ1) is 23.7. The Morgan fingerprint density at radius 2 is 1.67 bits per heavy atom. The Morgan fingerprint density at radius 3 is 2.39 bits per heavy atom. The largest absolute Gasteiger partial charge is 1.00 e. The highest BCUT2D eigenvalue weighted by Crippen LogP contribution is 2.32. The van der Waals surface area contributed by atoms with Crippen LogP contribution in [0.1, 0.15) is 70.0 Å². The number of hydrogen-bond acceptors (Lipinski definition) is 11. The molecule has 0 radical (unpaired) electrons. The van der Waals surface area contributed by atoms with Crippen LogP contribution in [0.15, 0.2) is 46.3 Å². The van der Waals surface area contributed by atoms with Gasteiger partial charge in [-0.2, -0.15) is 9.13 Å². The van der Waals surface area contributed by atoms with Crippen molar-refractivity contribution in [2.75, 3.05) is 18.5 Å². The number of thiazole rings is 3. The average Bonchev–Trinajstić information content (AvgIpc) is 3.87. The van der Waals surface area contributed by atoms with Crippen LogP contribution in [0.2, 0.25) is 0 Å². The maximum atomic E-state index is 13.7. The smallest absolute Gasteiger partial charge is 0.346 e. The van der Waals surface area contributed by atoms with Gasteiger partial charge in [0.1, 0.15) is 5.69 Å². The molecule has 0 aliphatic rings. The van der Waals surface area contributed by atoms with E-state index in [1.165, 1.54) is 16.2 Å². The summed E-state index contributed by atoms with van der Waals surface area (Å²) in [5.74, 6) is -0.630. The van der Waals surface area contributed by atoms with Crippen molar-refractivity contribution < 1.29 is 67.3 Å². The van der Waals surface area contributed by atoms with Gasteiger partial charge in [-0.1, -0.05) is 71.0 Å². The first-order valence-electron chi connectivity index (χ1n) is 16.3. The Hall–Kier alpha value is -3.34. The van der Waals surface area contributed by atoms with Crippen molar-refractivity contribution >= 4 is 56.8 Å². The number of esters is 1. The van der Waals surface area contributed by atoms with Crippen molar-refractivity contribution in [2.45, 2.75) is 79.3 Å². The topological polar surface area (TPSA) is 139 Å². The van der Waals surface area contributed by atoms with E-state index in [2.05, 4.69) is 15.5 Å². The van der Waals surface area contributed by atoms with Crippen molar-refractivity contribution in [2.24, 2.45) is 0 Å². The number of ether oxygens (including phenoxy) is 1. The number of unbranched alkanes of at least 4 members (excludes halogenated alkanes) is 3.